The summed E-state index contributed by atoms with van der Waals surface area (Å²) in [5, 5.41) is 3.68. The van der Waals surface area contributed by atoms with Gasteiger partial charge in [-0.15, -0.1) is 0 Å². The summed E-state index contributed by atoms with van der Waals surface area (Å²) in [6.45, 7) is 5.77. The molecule has 2 aliphatic carbocycles. The second-order valence-corrected chi connectivity index (χ2v) is 5.81. The maximum atomic E-state index is 3.68. The third-order valence-corrected chi connectivity index (χ3v) is 4.81. The molecule has 0 aromatic heterocycles. The Bertz CT molecular complexity index is 398. The molecule has 1 fully saturated rings. The molecule has 1 saturated carbocycles. The molecule has 0 radical (unpaired) electrons. The van der Waals surface area contributed by atoms with E-state index in [-0.39, 0.29) is 0 Å². The summed E-state index contributed by atoms with van der Waals surface area (Å²) < 4.78 is 0. The van der Waals surface area contributed by atoms with Crippen LogP contribution in [0.25, 0.3) is 0 Å². The van der Waals surface area contributed by atoms with Crippen LogP contribution in [0.15, 0.2) is 24.3 Å². The van der Waals surface area contributed by atoms with Gasteiger partial charge in [-0.2, -0.15) is 0 Å². The second-order valence-electron chi connectivity index (χ2n) is 5.81. The zero-order chi connectivity index (χ0) is 11.8. The molecule has 0 amide bonds. The van der Waals surface area contributed by atoms with E-state index in [1.165, 1.54) is 25.8 Å². The first kappa shape index (κ1) is 11.3. The molecule has 1 heteroatoms. The Morgan fingerprint density at radius 3 is 3.00 bits per heavy atom. The first-order valence-corrected chi connectivity index (χ1v) is 7.12. The summed E-state index contributed by atoms with van der Waals surface area (Å²) in [5.41, 5.74) is 3.26. The maximum absolute atomic E-state index is 3.68. The largest absolute Gasteiger partial charge is 0.314 e. The summed E-state index contributed by atoms with van der Waals surface area (Å²) in [7, 11) is 0. The van der Waals surface area contributed by atoms with Crippen LogP contribution in [0.5, 0.6) is 0 Å². The molecule has 1 N–H and O–H groups in total. The lowest BCUT2D eigenvalue weighted by Crippen LogP contribution is -2.27. The topological polar surface area (TPSA) is 12.0 Å². The molecule has 17 heavy (non-hydrogen) atoms. The van der Waals surface area contributed by atoms with E-state index in [0.717, 1.165) is 17.8 Å². The molecule has 1 aromatic carbocycles. The van der Waals surface area contributed by atoms with E-state index < -0.39 is 0 Å². The highest BCUT2D eigenvalue weighted by Gasteiger charge is 2.52. The van der Waals surface area contributed by atoms with Crippen molar-refractivity contribution in [3.63, 3.8) is 0 Å². The molecular formula is C16H23N. The summed E-state index contributed by atoms with van der Waals surface area (Å²) >= 11 is 0. The van der Waals surface area contributed by atoms with Crippen LogP contribution in [0.3, 0.4) is 0 Å². The quantitative estimate of drug-likeness (QED) is 0.835. The van der Waals surface area contributed by atoms with Crippen LogP contribution in [0.2, 0.25) is 0 Å². The molecular weight excluding hydrogens is 206 g/mol. The number of nitrogens with one attached hydrogen (secondary N) is 1. The molecule has 0 bridgehead atoms. The monoisotopic (exact) mass is 229 g/mol. The standard InChI is InChI=1S/C16H23N/c1-3-11(2)17-10-15-14-9-8-12-6-4-5-7-13(12)16(14)15/h4-7,11,14-17H,3,8-10H2,1-2H3. The number of benzene rings is 1. The second kappa shape index (κ2) is 4.45. The Morgan fingerprint density at radius 1 is 1.35 bits per heavy atom. The van der Waals surface area contributed by atoms with Gasteiger partial charge in [0.05, 0.1) is 0 Å². The number of aryl methyl sites for hydroxylation is 1. The Kier molecular flexibility index (Phi) is 2.96. The molecule has 0 saturated heterocycles. The van der Waals surface area contributed by atoms with Crippen LogP contribution < -0.4 is 5.32 Å². The molecule has 0 aliphatic heterocycles. The van der Waals surface area contributed by atoms with Crippen molar-refractivity contribution in [2.75, 3.05) is 6.54 Å². The number of hydrogen-bond acceptors (Lipinski definition) is 1. The average molecular weight is 229 g/mol. The minimum atomic E-state index is 0.674. The van der Waals surface area contributed by atoms with Crippen molar-refractivity contribution < 1.29 is 0 Å². The van der Waals surface area contributed by atoms with Gasteiger partial charge in [-0.3, -0.25) is 0 Å². The Morgan fingerprint density at radius 2 is 2.18 bits per heavy atom. The van der Waals surface area contributed by atoms with Gasteiger partial charge in [0.1, 0.15) is 0 Å². The number of fused-ring (bicyclic) bond motifs is 3. The third-order valence-electron chi connectivity index (χ3n) is 4.81. The van der Waals surface area contributed by atoms with Crippen molar-refractivity contribution in [3.05, 3.63) is 35.4 Å². The highest BCUT2D eigenvalue weighted by atomic mass is 14.9. The first-order valence-electron chi connectivity index (χ1n) is 7.12. The van der Waals surface area contributed by atoms with Gasteiger partial charge in [-0.05, 0) is 61.6 Å². The van der Waals surface area contributed by atoms with E-state index in [1.807, 2.05) is 0 Å². The van der Waals surface area contributed by atoms with Gasteiger partial charge in [0.2, 0.25) is 0 Å². The van der Waals surface area contributed by atoms with Crippen molar-refractivity contribution in [2.24, 2.45) is 11.8 Å². The fraction of sp³-hybridized carbons (Fsp3) is 0.625. The smallest absolute Gasteiger partial charge is 0.00362 e. The summed E-state index contributed by atoms with van der Waals surface area (Å²) in [6, 6.07) is 9.75. The van der Waals surface area contributed by atoms with Crippen molar-refractivity contribution in [1.29, 1.82) is 0 Å². The van der Waals surface area contributed by atoms with E-state index in [9.17, 15) is 0 Å². The van der Waals surface area contributed by atoms with Crippen molar-refractivity contribution >= 4 is 0 Å². The fourth-order valence-corrected chi connectivity index (χ4v) is 3.47. The maximum Gasteiger partial charge on any atom is 0.00362 e. The van der Waals surface area contributed by atoms with E-state index in [2.05, 4.69) is 43.4 Å². The predicted octanol–water partition coefficient (Wildman–Crippen LogP) is 3.35. The van der Waals surface area contributed by atoms with Crippen LogP contribution in [0, 0.1) is 11.8 Å². The molecule has 92 valence electrons. The predicted molar refractivity (Wildman–Crippen MR) is 72.2 cm³/mol. The van der Waals surface area contributed by atoms with Crippen LogP contribution in [-0.2, 0) is 6.42 Å². The van der Waals surface area contributed by atoms with Crippen LogP contribution >= 0.6 is 0 Å². The van der Waals surface area contributed by atoms with Gasteiger partial charge < -0.3 is 5.32 Å². The highest BCUT2D eigenvalue weighted by molar-refractivity contribution is 5.39. The molecule has 2 aliphatic rings. The lowest BCUT2D eigenvalue weighted by molar-refractivity contribution is 0.497. The van der Waals surface area contributed by atoms with E-state index >= 15 is 0 Å². The SMILES string of the molecule is CCC(C)NCC1C2CCc3ccccc3C21. The van der Waals surface area contributed by atoms with Gasteiger partial charge in [0.15, 0.2) is 0 Å². The summed E-state index contributed by atoms with van der Waals surface area (Å²) in [5.74, 6) is 2.76. The number of hydrogen-bond donors (Lipinski definition) is 1. The average Bonchev–Trinajstić information content (AvgIpc) is 3.10. The van der Waals surface area contributed by atoms with Crippen molar-refractivity contribution in [1.82, 2.24) is 5.32 Å². The fourth-order valence-electron chi connectivity index (χ4n) is 3.47. The van der Waals surface area contributed by atoms with Crippen LogP contribution in [0.1, 0.15) is 43.7 Å². The van der Waals surface area contributed by atoms with Gasteiger partial charge in [-0.1, -0.05) is 31.2 Å². The van der Waals surface area contributed by atoms with E-state index in [4.69, 9.17) is 0 Å². The van der Waals surface area contributed by atoms with Gasteiger partial charge in [0.25, 0.3) is 0 Å². The van der Waals surface area contributed by atoms with Crippen LogP contribution in [-0.4, -0.2) is 12.6 Å². The zero-order valence-corrected chi connectivity index (χ0v) is 10.9. The lowest BCUT2D eigenvalue weighted by Gasteiger charge is -2.13. The zero-order valence-electron chi connectivity index (χ0n) is 10.9. The Labute approximate surface area is 105 Å². The lowest BCUT2D eigenvalue weighted by atomic mass is 9.92. The third kappa shape index (κ3) is 2.01. The Hall–Kier alpha value is -0.820. The minimum absolute atomic E-state index is 0.674. The summed E-state index contributed by atoms with van der Waals surface area (Å²) in [6.07, 6.45) is 3.95. The van der Waals surface area contributed by atoms with E-state index in [0.29, 0.717) is 6.04 Å². The Balaban J connectivity index is 1.66. The minimum Gasteiger partial charge on any atom is -0.314 e. The number of rotatable bonds is 4. The van der Waals surface area contributed by atoms with Crippen molar-refractivity contribution in [3.8, 4) is 0 Å². The van der Waals surface area contributed by atoms with Gasteiger partial charge >= 0.3 is 0 Å². The van der Waals surface area contributed by atoms with Crippen molar-refractivity contribution in [2.45, 2.75) is 45.1 Å². The van der Waals surface area contributed by atoms with Gasteiger partial charge in [-0.25, -0.2) is 0 Å². The van der Waals surface area contributed by atoms with Gasteiger partial charge in [0, 0.05) is 6.04 Å². The molecule has 3 rings (SSSR count). The molecule has 0 heterocycles. The molecule has 4 unspecified atom stereocenters. The summed E-state index contributed by atoms with van der Waals surface area (Å²) in [4.78, 5) is 0. The molecule has 1 aromatic rings. The highest BCUT2D eigenvalue weighted by Crippen LogP contribution is 2.59. The molecule has 1 nitrogen and oxygen atoms in total. The molecule has 4 atom stereocenters. The molecule has 0 spiro atoms. The van der Waals surface area contributed by atoms with Crippen LogP contribution in [0.4, 0.5) is 0 Å². The van der Waals surface area contributed by atoms with E-state index in [1.54, 1.807) is 11.1 Å². The normalized spacial score (nSPS) is 31.5. The first-order chi connectivity index (χ1) is 8.31.